The number of nitrogens with zero attached hydrogens (tertiary/aromatic N) is 1. The molecule has 0 aliphatic rings. The van der Waals surface area contributed by atoms with Crippen molar-refractivity contribution >= 4 is 10.0 Å². The molecule has 0 bridgehead atoms. The Morgan fingerprint density at radius 1 is 1.17 bits per heavy atom. The van der Waals surface area contributed by atoms with E-state index in [2.05, 4.69) is 9.71 Å². The third-order valence-electron chi connectivity index (χ3n) is 3.45. The van der Waals surface area contributed by atoms with E-state index in [0.717, 1.165) is 5.56 Å². The van der Waals surface area contributed by atoms with Gasteiger partial charge in [-0.05, 0) is 35.9 Å². The van der Waals surface area contributed by atoms with Crippen molar-refractivity contribution in [3.8, 4) is 17.2 Å². The fraction of sp³-hybridized carbons (Fsp3) is 0.118. The zero-order valence-corrected chi connectivity index (χ0v) is 13.8. The topological polar surface area (TPSA) is 81.4 Å². The van der Waals surface area contributed by atoms with E-state index in [9.17, 15) is 8.42 Å². The van der Waals surface area contributed by atoms with Gasteiger partial charge in [-0.2, -0.15) is 0 Å². The number of furan rings is 1. The third kappa shape index (κ3) is 3.47. The molecular weight excluding hydrogens is 328 g/mol. The molecule has 124 valence electrons. The van der Waals surface area contributed by atoms with Gasteiger partial charge in [0.25, 0.3) is 0 Å². The summed E-state index contributed by atoms with van der Waals surface area (Å²) in [6.07, 6.45) is 3.19. The quantitative estimate of drug-likeness (QED) is 0.743. The SMILES string of the molecule is COc1cccc(S(=O)(=O)NCc2cccnc2-c2ccco2)c1. The summed E-state index contributed by atoms with van der Waals surface area (Å²) < 4.78 is 37.9. The molecule has 1 N–H and O–H groups in total. The minimum Gasteiger partial charge on any atom is -0.497 e. The van der Waals surface area contributed by atoms with Gasteiger partial charge in [-0.15, -0.1) is 0 Å². The molecule has 0 fully saturated rings. The Morgan fingerprint density at radius 2 is 2.04 bits per heavy atom. The molecule has 2 heterocycles. The van der Waals surface area contributed by atoms with Crippen LogP contribution >= 0.6 is 0 Å². The van der Waals surface area contributed by atoms with Gasteiger partial charge in [0.2, 0.25) is 10.0 Å². The highest BCUT2D eigenvalue weighted by molar-refractivity contribution is 7.89. The summed E-state index contributed by atoms with van der Waals surface area (Å²) >= 11 is 0. The third-order valence-corrected chi connectivity index (χ3v) is 4.85. The second-order valence-corrected chi connectivity index (χ2v) is 6.76. The van der Waals surface area contributed by atoms with Gasteiger partial charge in [0.15, 0.2) is 5.76 Å². The minimum atomic E-state index is -3.67. The number of rotatable bonds is 6. The lowest BCUT2D eigenvalue weighted by Crippen LogP contribution is -2.23. The molecule has 0 radical (unpaired) electrons. The van der Waals surface area contributed by atoms with Crippen molar-refractivity contribution in [2.75, 3.05) is 7.11 Å². The van der Waals surface area contributed by atoms with E-state index in [-0.39, 0.29) is 11.4 Å². The second-order valence-electron chi connectivity index (χ2n) is 4.99. The highest BCUT2D eigenvalue weighted by Gasteiger charge is 2.16. The van der Waals surface area contributed by atoms with Crippen LogP contribution in [-0.2, 0) is 16.6 Å². The van der Waals surface area contributed by atoms with Crippen LogP contribution in [0.3, 0.4) is 0 Å². The van der Waals surface area contributed by atoms with Crippen LogP contribution in [0.25, 0.3) is 11.5 Å². The van der Waals surface area contributed by atoms with E-state index in [1.54, 1.807) is 48.9 Å². The molecule has 0 spiro atoms. The van der Waals surface area contributed by atoms with Crippen LogP contribution in [0.15, 0.2) is 70.3 Å². The lowest BCUT2D eigenvalue weighted by Gasteiger charge is -2.10. The van der Waals surface area contributed by atoms with Crippen molar-refractivity contribution in [3.05, 3.63) is 66.6 Å². The normalized spacial score (nSPS) is 11.4. The number of aromatic nitrogens is 1. The number of nitrogens with one attached hydrogen (secondary N) is 1. The zero-order valence-electron chi connectivity index (χ0n) is 13.0. The molecule has 0 unspecified atom stereocenters. The Hall–Kier alpha value is -2.64. The van der Waals surface area contributed by atoms with Crippen LogP contribution in [0, 0.1) is 0 Å². The van der Waals surface area contributed by atoms with Gasteiger partial charge in [-0.3, -0.25) is 4.98 Å². The Kier molecular flexibility index (Phi) is 4.64. The van der Waals surface area contributed by atoms with E-state index in [1.807, 2.05) is 0 Å². The monoisotopic (exact) mass is 344 g/mol. The fourth-order valence-electron chi connectivity index (χ4n) is 2.24. The van der Waals surface area contributed by atoms with E-state index in [0.29, 0.717) is 17.2 Å². The molecule has 0 saturated carbocycles. The zero-order chi connectivity index (χ0) is 17.0. The maximum absolute atomic E-state index is 12.5. The summed E-state index contributed by atoms with van der Waals surface area (Å²) in [5, 5.41) is 0. The summed E-state index contributed by atoms with van der Waals surface area (Å²) in [7, 11) is -2.17. The predicted octanol–water partition coefficient (Wildman–Crippen LogP) is 2.83. The van der Waals surface area contributed by atoms with Crippen molar-refractivity contribution in [1.29, 1.82) is 0 Å². The first-order valence-electron chi connectivity index (χ1n) is 7.21. The average molecular weight is 344 g/mol. The predicted molar refractivity (Wildman–Crippen MR) is 89.0 cm³/mol. The molecule has 3 aromatic rings. The van der Waals surface area contributed by atoms with Gasteiger partial charge in [-0.25, -0.2) is 13.1 Å². The lowest BCUT2D eigenvalue weighted by atomic mass is 10.1. The minimum absolute atomic E-state index is 0.101. The maximum atomic E-state index is 12.5. The van der Waals surface area contributed by atoms with Gasteiger partial charge in [0, 0.05) is 18.8 Å². The van der Waals surface area contributed by atoms with Crippen molar-refractivity contribution in [1.82, 2.24) is 9.71 Å². The van der Waals surface area contributed by atoms with Crippen LogP contribution in [0.4, 0.5) is 0 Å². The van der Waals surface area contributed by atoms with Crippen molar-refractivity contribution in [2.24, 2.45) is 0 Å². The van der Waals surface area contributed by atoms with Crippen molar-refractivity contribution < 1.29 is 17.6 Å². The molecule has 0 saturated heterocycles. The van der Waals surface area contributed by atoms with Gasteiger partial charge >= 0.3 is 0 Å². The summed E-state index contributed by atoms with van der Waals surface area (Å²) in [6, 6.07) is 13.4. The molecule has 6 nitrogen and oxygen atoms in total. The molecule has 24 heavy (non-hydrogen) atoms. The Morgan fingerprint density at radius 3 is 2.79 bits per heavy atom. The summed E-state index contributed by atoms with van der Waals surface area (Å²) in [6.45, 7) is 0.101. The summed E-state index contributed by atoms with van der Waals surface area (Å²) in [5.41, 5.74) is 1.33. The lowest BCUT2D eigenvalue weighted by molar-refractivity contribution is 0.413. The first kappa shape index (κ1) is 16.2. The molecule has 2 aromatic heterocycles. The maximum Gasteiger partial charge on any atom is 0.241 e. The molecular formula is C17H16N2O4S. The van der Waals surface area contributed by atoms with Crippen LogP contribution in [0.1, 0.15) is 5.56 Å². The number of sulfonamides is 1. The number of ether oxygens (including phenoxy) is 1. The Labute approximate surface area is 140 Å². The molecule has 3 rings (SSSR count). The van der Waals surface area contributed by atoms with E-state index >= 15 is 0 Å². The largest absolute Gasteiger partial charge is 0.497 e. The Bertz CT molecular complexity index is 921. The van der Waals surface area contributed by atoms with Gasteiger partial charge < -0.3 is 9.15 Å². The highest BCUT2D eigenvalue weighted by Crippen LogP contribution is 2.22. The van der Waals surface area contributed by atoms with Crippen molar-refractivity contribution in [3.63, 3.8) is 0 Å². The molecule has 0 aliphatic heterocycles. The molecule has 0 atom stereocenters. The first-order valence-corrected chi connectivity index (χ1v) is 8.70. The Balaban J connectivity index is 1.83. The van der Waals surface area contributed by atoms with E-state index in [4.69, 9.17) is 9.15 Å². The first-order chi connectivity index (χ1) is 11.6. The van der Waals surface area contributed by atoms with Crippen molar-refractivity contribution in [2.45, 2.75) is 11.4 Å². The average Bonchev–Trinajstić information content (AvgIpc) is 3.15. The number of hydrogen-bond donors (Lipinski definition) is 1. The molecule has 1 aromatic carbocycles. The number of pyridine rings is 1. The number of methoxy groups -OCH3 is 1. The molecule has 7 heteroatoms. The van der Waals surface area contributed by atoms with E-state index < -0.39 is 10.0 Å². The number of hydrogen-bond acceptors (Lipinski definition) is 5. The number of benzene rings is 1. The van der Waals surface area contributed by atoms with Gasteiger partial charge in [0.1, 0.15) is 11.4 Å². The van der Waals surface area contributed by atoms with Gasteiger partial charge in [0.05, 0.1) is 18.3 Å². The molecule has 0 amide bonds. The van der Waals surface area contributed by atoms with Crippen LogP contribution in [0.2, 0.25) is 0 Å². The highest BCUT2D eigenvalue weighted by atomic mass is 32.2. The molecule has 0 aliphatic carbocycles. The van der Waals surface area contributed by atoms with E-state index in [1.165, 1.54) is 19.2 Å². The fourth-order valence-corrected chi connectivity index (χ4v) is 3.28. The smallest absolute Gasteiger partial charge is 0.241 e. The van der Waals surface area contributed by atoms with Gasteiger partial charge in [-0.1, -0.05) is 12.1 Å². The van der Waals surface area contributed by atoms with Crippen LogP contribution in [-0.4, -0.2) is 20.5 Å². The second kappa shape index (κ2) is 6.86. The summed E-state index contributed by atoms with van der Waals surface area (Å²) in [5.74, 6) is 1.07. The summed E-state index contributed by atoms with van der Waals surface area (Å²) in [4.78, 5) is 4.42. The van der Waals surface area contributed by atoms with Crippen LogP contribution in [0.5, 0.6) is 5.75 Å². The van der Waals surface area contributed by atoms with Crippen LogP contribution < -0.4 is 9.46 Å². The standard InChI is InChI=1S/C17H16N2O4S/c1-22-14-6-2-7-15(11-14)24(20,21)19-12-13-5-3-9-18-17(13)16-8-4-10-23-16/h2-11,19H,12H2,1H3.